The first-order chi connectivity index (χ1) is 8.94. The highest BCUT2D eigenvalue weighted by Crippen LogP contribution is 2.23. The highest BCUT2D eigenvalue weighted by atomic mass is 79.9. The molecule has 2 rings (SSSR count). The Balaban J connectivity index is 2.25. The number of amides is 1. The number of nitrogens with one attached hydrogen (secondary N) is 1. The van der Waals surface area contributed by atoms with E-state index in [0.717, 1.165) is 10.0 Å². The molecule has 0 aliphatic carbocycles. The van der Waals surface area contributed by atoms with E-state index in [1.54, 1.807) is 24.3 Å². The molecule has 2 nitrogen and oxygen atoms in total. The lowest BCUT2D eigenvalue weighted by molar-refractivity contribution is 0.102. The number of hydrogen-bond donors (Lipinski definition) is 1. The van der Waals surface area contributed by atoms with Gasteiger partial charge in [-0.1, -0.05) is 39.1 Å². The molecule has 1 amide bonds. The first-order valence-corrected chi connectivity index (χ1v) is 7.03. The number of halogens is 3. The van der Waals surface area contributed by atoms with Crippen LogP contribution < -0.4 is 5.32 Å². The zero-order chi connectivity index (χ0) is 14.0. The summed E-state index contributed by atoms with van der Waals surface area (Å²) in [7, 11) is 0. The summed E-state index contributed by atoms with van der Waals surface area (Å²) in [6.07, 6.45) is 0. The molecule has 0 radical (unpaired) electrons. The van der Waals surface area contributed by atoms with Crippen molar-refractivity contribution in [3.8, 4) is 0 Å². The molecule has 0 saturated heterocycles. The molecule has 19 heavy (non-hydrogen) atoms. The Labute approximate surface area is 129 Å². The molecule has 5 heteroatoms. The molecule has 0 bridgehead atoms. The minimum Gasteiger partial charge on any atom is -0.322 e. The largest absolute Gasteiger partial charge is 0.322 e. The lowest BCUT2D eigenvalue weighted by atomic mass is 10.1. The van der Waals surface area contributed by atoms with E-state index in [-0.39, 0.29) is 5.91 Å². The topological polar surface area (TPSA) is 29.1 Å². The molecular weight excluding hydrogens is 349 g/mol. The lowest BCUT2D eigenvalue weighted by Gasteiger charge is -2.07. The van der Waals surface area contributed by atoms with Crippen molar-refractivity contribution in [1.82, 2.24) is 0 Å². The molecule has 0 atom stereocenters. The average molecular weight is 359 g/mol. The van der Waals surface area contributed by atoms with E-state index in [4.69, 9.17) is 23.2 Å². The molecule has 0 saturated carbocycles. The van der Waals surface area contributed by atoms with Gasteiger partial charge in [-0.3, -0.25) is 4.79 Å². The fourth-order valence-electron chi connectivity index (χ4n) is 1.70. The molecule has 0 aliphatic rings. The van der Waals surface area contributed by atoms with E-state index < -0.39 is 0 Å². The van der Waals surface area contributed by atoms with Crippen LogP contribution in [0.15, 0.2) is 40.9 Å². The molecule has 0 spiro atoms. The Morgan fingerprint density at radius 3 is 2.26 bits per heavy atom. The van der Waals surface area contributed by atoms with Crippen LogP contribution in [0.3, 0.4) is 0 Å². The Bertz CT molecular complexity index is 603. The standard InChI is InChI=1S/C14H10BrCl2NO/c1-8-2-9(4-10(15)3-8)14(19)18-13-6-11(16)5-12(17)7-13/h2-7H,1H3,(H,18,19). The third-order valence-corrected chi connectivity index (χ3v) is 3.32. The Morgan fingerprint density at radius 1 is 1.05 bits per heavy atom. The van der Waals surface area contributed by atoms with Crippen LogP contribution in [-0.4, -0.2) is 5.91 Å². The van der Waals surface area contributed by atoms with Gasteiger partial charge in [0.1, 0.15) is 0 Å². The summed E-state index contributed by atoms with van der Waals surface area (Å²) in [6.45, 7) is 1.93. The van der Waals surface area contributed by atoms with Crippen molar-refractivity contribution in [2.24, 2.45) is 0 Å². The van der Waals surface area contributed by atoms with Gasteiger partial charge in [-0.15, -0.1) is 0 Å². The van der Waals surface area contributed by atoms with Gasteiger partial charge in [0.15, 0.2) is 0 Å². The van der Waals surface area contributed by atoms with E-state index >= 15 is 0 Å². The maximum absolute atomic E-state index is 12.1. The van der Waals surface area contributed by atoms with Crippen LogP contribution in [0.1, 0.15) is 15.9 Å². The molecule has 0 aliphatic heterocycles. The predicted octanol–water partition coefficient (Wildman–Crippen LogP) is 5.32. The van der Waals surface area contributed by atoms with Gasteiger partial charge in [-0.25, -0.2) is 0 Å². The maximum atomic E-state index is 12.1. The van der Waals surface area contributed by atoms with Gasteiger partial charge in [-0.2, -0.15) is 0 Å². The van der Waals surface area contributed by atoms with E-state index in [1.165, 1.54) is 0 Å². The van der Waals surface area contributed by atoms with Crippen LogP contribution in [0.2, 0.25) is 10.0 Å². The zero-order valence-electron chi connectivity index (χ0n) is 10.0. The van der Waals surface area contributed by atoms with E-state index in [9.17, 15) is 4.79 Å². The van der Waals surface area contributed by atoms with Gasteiger partial charge in [-0.05, 0) is 48.9 Å². The summed E-state index contributed by atoms with van der Waals surface area (Å²) in [5, 5.41) is 3.73. The van der Waals surface area contributed by atoms with Crippen LogP contribution in [-0.2, 0) is 0 Å². The number of aryl methyl sites for hydroxylation is 1. The molecule has 0 heterocycles. The number of carbonyl (C=O) groups excluding carboxylic acids is 1. The number of rotatable bonds is 2. The Hall–Kier alpha value is -1.03. The quantitative estimate of drug-likeness (QED) is 0.773. The lowest BCUT2D eigenvalue weighted by Crippen LogP contribution is -2.12. The van der Waals surface area contributed by atoms with Gasteiger partial charge in [0.2, 0.25) is 0 Å². The van der Waals surface area contributed by atoms with Crippen molar-refractivity contribution >= 4 is 50.7 Å². The number of hydrogen-bond acceptors (Lipinski definition) is 1. The minimum absolute atomic E-state index is 0.206. The number of anilines is 1. The highest BCUT2D eigenvalue weighted by molar-refractivity contribution is 9.10. The van der Waals surface area contributed by atoms with Crippen molar-refractivity contribution in [2.45, 2.75) is 6.92 Å². The molecule has 2 aromatic carbocycles. The molecular formula is C14H10BrCl2NO. The Kier molecular flexibility index (Phi) is 4.50. The van der Waals surface area contributed by atoms with Crippen LogP contribution in [0, 0.1) is 6.92 Å². The third-order valence-electron chi connectivity index (χ3n) is 2.42. The fraction of sp³-hybridized carbons (Fsp3) is 0.0714. The zero-order valence-corrected chi connectivity index (χ0v) is 13.1. The second kappa shape index (κ2) is 5.95. The first-order valence-electron chi connectivity index (χ1n) is 5.49. The Morgan fingerprint density at radius 2 is 1.68 bits per heavy atom. The number of carbonyl (C=O) groups is 1. The van der Waals surface area contributed by atoms with E-state index in [2.05, 4.69) is 21.2 Å². The summed E-state index contributed by atoms with van der Waals surface area (Å²) in [5.41, 5.74) is 2.15. The highest BCUT2D eigenvalue weighted by Gasteiger charge is 2.08. The van der Waals surface area contributed by atoms with Crippen molar-refractivity contribution in [3.63, 3.8) is 0 Å². The molecule has 2 aromatic rings. The minimum atomic E-state index is -0.206. The van der Waals surface area contributed by atoms with Crippen molar-refractivity contribution in [1.29, 1.82) is 0 Å². The summed E-state index contributed by atoms with van der Waals surface area (Å²) in [6, 6.07) is 10.4. The summed E-state index contributed by atoms with van der Waals surface area (Å²) in [4.78, 5) is 12.1. The fourth-order valence-corrected chi connectivity index (χ4v) is 2.83. The summed E-state index contributed by atoms with van der Waals surface area (Å²) in [5.74, 6) is -0.206. The molecule has 0 fully saturated rings. The third kappa shape index (κ3) is 3.96. The van der Waals surface area contributed by atoms with Gasteiger partial charge < -0.3 is 5.32 Å². The van der Waals surface area contributed by atoms with Crippen LogP contribution >= 0.6 is 39.1 Å². The molecule has 1 N–H and O–H groups in total. The van der Waals surface area contributed by atoms with Gasteiger partial charge >= 0.3 is 0 Å². The first kappa shape index (κ1) is 14.4. The van der Waals surface area contributed by atoms with Crippen molar-refractivity contribution in [3.05, 3.63) is 62.0 Å². The SMILES string of the molecule is Cc1cc(Br)cc(C(=O)Nc2cc(Cl)cc(Cl)c2)c1. The predicted molar refractivity (Wildman–Crippen MR) is 83.3 cm³/mol. The molecule has 98 valence electrons. The van der Waals surface area contributed by atoms with E-state index in [0.29, 0.717) is 21.3 Å². The second-order valence-corrected chi connectivity index (χ2v) is 5.92. The smallest absolute Gasteiger partial charge is 0.255 e. The van der Waals surface area contributed by atoms with Crippen molar-refractivity contribution < 1.29 is 4.79 Å². The normalized spacial score (nSPS) is 10.3. The van der Waals surface area contributed by atoms with Crippen LogP contribution in [0.5, 0.6) is 0 Å². The van der Waals surface area contributed by atoms with Crippen molar-refractivity contribution in [2.75, 3.05) is 5.32 Å². The van der Waals surface area contributed by atoms with Crippen LogP contribution in [0.4, 0.5) is 5.69 Å². The van der Waals surface area contributed by atoms with Gasteiger partial charge in [0, 0.05) is 25.8 Å². The van der Waals surface area contributed by atoms with E-state index in [1.807, 2.05) is 19.1 Å². The molecule has 0 unspecified atom stereocenters. The maximum Gasteiger partial charge on any atom is 0.255 e. The number of benzene rings is 2. The van der Waals surface area contributed by atoms with Crippen LogP contribution in [0.25, 0.3) is 0 Å². The average Bonchev–Trinajstić information content (AvgIpc) is 2.25. The summed E-state index contributed by atoms with van der Waals surface area (Å²) >= 11 is 15.1. The monoisotopic (exact) mass is 357 g/mol. The van der Waals surface area contributed by atoms with Gasteiger partial charge in [0.05, 0.1) is 0 Å². The summed E-state index contributed by atoms with van der Waals surface area (Å²) < 4.78 is 0.863. The van der Waals surface area contributed by atoms with Gasteiger partial charge in [0.25, 0.3) is 5.91 Å². The second-order valence-electron chi connectivity index (χ2n) is 4.13. The molecule has 0 aromatic heterocycles.